The van der Waals surface area contributed by atoms with Gasteiger partial charge in [0.2, 0.25) is 0 Å². The smallest absolute Gasteiger partial charge is 0.186 e. The van der Waals surface area contributed by atoms with Crippen molar-refractivity contribution in [3.8, 4) is 0 Å². The van der Waals surface area contributed by atoms with Crippen LogP contribution < -0.4 is 5.43 Å². The van der Waals surface area contributed by atoms with E-state index in [0.29, 0.717) is 29.9 Å². The van der Waals surface area contributed by atoms with Crippen molar-refractivity contribution >= 4 is 40.1 Å². The Morgan fingerprint density at radius 2 is 2.38 bits per heavy atom. The van der Waals surface area contributed by atoms with Gasteiger partial charge in [0.25, 0.3) is 0 Å². The molecule has 2 atom stereocenters. The first kappa shape index (κ1) is 14.0. The van der Waals surface area contributed by atoms with E-state index < -0.39 is 0 Å². The summed E-state index contributed by atoms with van der Waals surface area (Å²) >= 11 is 1.27. The van der Waals surface area contributed by atoms with Crippen LogP contribution in [0.5, 0.6) is 0 Å². The highest BCUT2D eigenvalue weighted by molar-refractivity contribution is 8.14. The van der Waals surface area contributed by atoms with Gasteiger partial charge in [-0.3, -0.25) is 4.79 Å². The lowest BCUT2D eigenvalue weighted by Gasteiger charge is -2.21. The standard InChI is InChI=1S/C12H14N6O2S/c1-7(20)21-9-2-8(4-19)18(3-9)17-12-10-11(14-5-13-10)15-6-16-12/h4-6,8-9H,2-3H2,1H3,(H2,13,14,15,16,17)/t8-,9-/m0/s1. The third kappa shape index (κ3) is 2.88. The molecule has 0 unspecified atom stereocenters. The maximum atomic E-state index is 11.2. The maximum Gasteiger partial charge on any atom is 0.186 e. The highest BCUT2D eigenvalue weighted by atomic mass is 32.2. The van der Waals surface area contributed by atoms with Crippen molar-refractivity contribution in [1.29, 1.82) is 0 Å². The molecule has 2 aromatic heterocycles. The fourth-order valence-corrected chi connectivity index (χ4v) is 3.39. The van der Waals surface area contributed by atoms with Crippen molar-refractivity contribution in [2.75, 3.05) is 12.0 Å². The number of fused-ring (bicyclic) bond motifs is 1. The quantitative estimate of drug-likeness (QED) is 0.791. The summed E-state index contributed by atoms with van der Waals surface area (Å²) < 4.78 is 0. The van der Waals surface area contributed by atoms with E-state index in [9.17, 15) is 9.59 Å². The molecule has 21 heavy (non-hydrogen) atoms. The molecule has 2 aromatic rings. The van der Waals surface area contributed by atoms with E-state index in [-0.39, 0.29) is 16.4 Å². The van der Waals surface area contributed by atoms with Crippen LogP contribution in [0.4, 0.5) is 5.82 Å². The van der Waals surface area contributed by atoms with Gasteiger partial charge >= 0.3 is 0 Å². The molecule has 1 saturated heterocycles. The topological polar surface area (TPSA) is 104 Å². The molecule has 1 aliphatic heterocycles. The zero-order chi connectivity index (χ0) is 14.8. The first-order valence-electron chi connectivity index (χ1n) is 6.47. The molecule has 3 heterocycles. The van der Waals surface area contributed by atoms with Gasteiger partial charge in [-0.05, 0) is 6.42 Å². The van der Waals surface area contributed by atoms with Gasteiger partial charge in [-0.15, -0.1) is 0 Å². The molecular formula is C12H14N6O2S. The van der Waals surface area contributed by atoms with Gasteiger partial charge in [0, 0.05) is 18.7 Å². The number of carbonyl (C=O) groups is 2. The van der Waals surface area contributed by atoms with Crippen molar-refractivity contribution in [3.63, 3.8) is 0 Å². The summed E-state index contributed by atoms with van der Waals surface area (Å²) in [5, 5.41) is 1.96. The molecule has 0 bridgehead atoms. The van der Waals surface area contributed by atoms with Crippen LogP contribution in [0.25, 0.3) is 11.2 Å². The van der Waals surface area contributed by atoms with E-state index in [1.54, 1.807) is 11.3 Å². The number of thioether (sulfide) groups is 1. The Balaban J connectivity index is 1.78. The summed E-state index contributed by atoms with van der Waals surface area (Å²) in [5.41, 5.74) is 4.37. The number of aromatic nitrogens is 4. The maximum absolute atomic E-state index is 11.2. The minimum atomic E-state index is -0.283. The van der Waals surface area contributed by atoms with E-state index in [4.69, 9.17) is 0 Å². The minimum absolute atomic E-state index is 0.0597. The number of hydrogen-bond acceptors (Lipinski definition) is 8. The average molecular weight is 306 g/mol. The summed E-state index contributed by atoms with van der Waals surface area (Å²) in [6, 6.07) is -0.283. The lowest BCUT2D eigenvalue weighted by molar-refractivity contribution is -0.111. The largest absolute Gasteiger partial charge is 0.340 e. The summed E-state index contributed by atoms with van der Waals surface area (Å²) in [6.45, 7) is 2.13. The predicted octanol–water partition coefficient (Wildman–Crippen LogP) is 0.601. The van der Waals surface area contributed by atoms with Gasteiger partial charge in [-0.2, -0.15) is 0 Å². The van der Waals surface area contributed by atoms with Crippen molar-refractivity contribution in [2.45, 2.75) is 24.6 Å². The summed E-state index contributed by atoms with van der Waals surface area (Å²) in [7, 11) is 0. The molecule has 1 aliphatic rings. The highest BCUT2D eigenvalue weighted by Gasteiger charge is 2.33. The number of hydrazine groups is 1. The Morgan fingerprint density at radius 3 is 3.14 bits per heavy atom. The lowest BCUT2D eigenvalue weighted by atomic mass is 10.2. The normalized spacial score (nSPS) is 22.5. The third-order valence-corrected chi connectivity index (χ3v) is 4.27. The van der Waals surface area contributed by atoms with E-state index in [2.05, 4.69) is 25.4 Å². The molecule has 0 radical (unpaired) electrons. The number of H-pyrrole nitrogens is 1. The first-order chi connectivity index (χ1) is 10.2. The second kappa shape index (κ2) is 5.78. The molecule has 110 valence electrons. The summed E-state index contributed by atoms with van der Waals surface area (Å²) in [6.07, 6.45) is 4.48. The molecule has 0 aromatic carbocycles. The van der Waals surface area contributed by atoms with Gasteiger partial charge in [-0.1, -0.05) is 11.8 Å². The van der Waals surface area contributed by atoms with Gasteiger partial charge in [-0.25, -0.2) is 20.0 Å². The Morgan fingerprint density at radius 1 is 1.52 bits per heavy atom. The Kier molecular flexibility index (Phi) is 3.84. The van der Waals surface area contributed by atoms with Crippen LogP contribution in [0.2, 0.25) is 0 Å². The van der Waals surface area contributed by atoms with Crippen LogP contribution in [0.15, 0.2) is 12.7 Å². The van der Waals surface area contributed by atoms with Gasteiger partial charge in [0.1, 0.15) is 18.1 Å². The Bertz CT molecular complexity index is 675. The number of nitrogens with zero attached hydrogens (tertiary/aromatic N) is 4. The second-order valence-corrected chi connectivity index (χ2v) is 6.24. The van der Waals surface area contributed by atoms with Gasteiger partial charge in [0.05, 0.1) is 12.4 Å². The van der Waals surface area contributed by atoms with Gasteiger partial charge < -0.3 is 15.2 Å². The zero-order valence-electron chi connectivity index (χ0n) is 11.3. The van der Waals surface area contributed by atoms with Crippen LogP contribution in [-0.4, -0.2) is 54.2 Å². The SMILES string of the molecule is CC(=O)S[C@H]1C[C@@H](C=O)N(Nc2ncnc3nc[nH]c23)C1. The van der Waals surface area contributed by atoms with Crippen LogP contribution in [0.3, 0.4) is 0 Å². The number of hydrogen-bond donors (Lipinski definition) is 2. The van der Waals surface area contributed by atoms with Crippen molar-refractivity contribution < 1.29 is 9.59 Å². The molecule has 1 fully saturated rings. The zero-order valence-corrected chi connectivity index (χ0v) is 12.1. The van der Waals surface area contributed by atoms with Crippen molar-refractivity contribution in [3.05, 3.63) is 12.7 Å². The fraction of sp³-hybridized carbons (Fsp3) is 0.417. The van der Waals surface area contributed by atoms with Crippen molar-refractivity contribution in [1.82, 2.24) is 24.9 Å². The predicted molar refractivity (Wildman–Crippen MR) is 78.5 cm³/mol. The molecule has 8 nitrogen and oxygen atoms in total. The number of nitrogens with one attached hydrogen (secondary N) is 2. The first-order valence-corrected chi connectivity index (χ1v) is 7.35. The van der Waals surface area contributed by atoms with E-state index in [1.807, 2.05) is 0 Å². The number of aromatic amines is 1. The van der Waals surface area contributed by atoms with Crippen LogP contribution >= 0.6 is 11.8 Å². The minimum Gasteiger partial charge on any atom is -0.340 e. The second-order valence-electron chi connectivity index (χ2n) is 4.76. The monoisotopic (exact) mass is 306 g/mol. The number of rotatable bonds is 4. The number of anilines is 1. The van der Waals surface area contributed by atoms with Crippen LogP contribution in [0.1, 0.15) is 13.3 Å². The average Bonchev–Trinajstić information content (AvgIpc) is 3.05. The van der Waals surface area contributed by atoms with Gasteiger partial charge in [0.15, 0.2) is 16.6 Å². The number of imidazole rings is 1. The molecule has 3 rings (SSSR count). The molecule has 2 N–H and O–H groups in total. The molecular weight excluding hydrogens is 292 g/mol. The molecule has 9 heteroatoms. The number of carbonyl (C=O) groups excluding carboxylic acids is 2. The summed E-state index contributed by atoms with van der Waals surface area (Å²) in [5.74, 6) is 0.567. The van der Waals surface area contributed by atoms with Crippen LogP contribution in [0, 0.1) is 0 Å². The van der Waals surface area contributed by atoms with Crippen molar-refractivity contribution in [2.24, 2.45) is 0 Å². The molecule has 0 amide bonds. The number of aldehydes is 1. The Hall–Kier alpha value is -2.00. The fourth-order valence-electron chi connectivity index (χ4n) is 2.39. The van der Waals surface area contributed by atoms with Crippen LogP contribution in [-0.2, 0) is 9.59 Å². The Labute approximate surface area is 124 Å². The van der Waals surface area contributed by atoms with E-state index in [1.165, 1.54) is 25.0 Å². The summed E-state index contributed by atoms with van der Waals surface area (Å²) in [4.78, 5) is 37.7. The highest BCUT2D eigenvalue weighted by Crippen LogP contribution is 2.28. The lowest BCUT2D eigenvalue weighted by Crippen LogP contribution is -2.36. The molecule has 0 saturated carbocycles. The van der Waals surface area contributed by atoms with E-state index in [0.717, 1.165) is 6.29 Å². The van der Waals surface area contributed by atoms with E-state index >= 15 is 0 Å². The molecule has 0 aliphatic carbocycles. The third-order valence-electron chi connectivity index (χ3n) is 3.27. The molecule has 0 spiro atoms.